The van der Waals surface area contributed by atoms with Gasteiger partial charge in [-0.25, -0.2) is 9.50 Å². The van der Waals surface area contributed by atoms with Crippen molar-refractivity contribution in [3.63, 3.8) is 0 Å². The van der Waals surface area contributed by atoms with Gasteiger partial charge in [0, 0.05) is 35.8 Å². The summed E-state index contributed by atoms with van der Waals surface area (Å²) in [7, 11) is 0. The van der Waals surface area contributed by atoms with E-state index in [0.29, 0.717) is 30.3 Å². The van der Waals surface area contributed by atoms with Crippen LogP contribution in [0.2, 0.25) is 0 Å². The number of nitrogens with one attached hydrogen (secondary N) is 1. The molecule has 0 bridgehead atoms. The van der Waals surface area contributed by atoms with Crippen molar-refractivity contribution in [1.82, 2.24) is 40.0 Å². The molecule has 0 aliphatic carbocycles. The third-order valence-electron chi connectivity index (χ3n) is 5.22. The van der Waals surface area contributed by atoms with Crippen LogP contribution in [0.3, 0.4) is 0 Å². The lowest BCUT2D eigenvalue weighted by molar-refractivity contribution is -0.122. The molecule has 4 rings (SSSR count). The molecule has 160 valence electrons. The molecule has 31 heavy (non-hydrogen) atoms. The van der Waals surface area contributed by atoms with Gasteiger partial charge < -0.3 is 9.84 Å². The Morgan fingerprint density at radius 2 is 1.97 bits per heavy atom. The summed E-state index contributed by atoms with van der Waals surface area (Å²) in [6.45, 7) is 7.88. The molecule has 4 heterocycles. The maximum atomic E-state index is 12.8. The van der Waals surface area contributed by atoms with Gasteiger partial charge in [0.1, 0.15) is 12.4 Å². The summed E-state index contributed by atoms with van der Waals surface area (Å²) in [6, 6.07) is 3.23. The van der Waals surface area contributed by atoms with Crippen molar-refractivity contribution in [3.8, 4) is 11.4 Å². The number of pyridine rings is 1. The van der Waals surface area contributed by atoms with Gasteiger partial charge in [-0.3, -0.25) is 9.78 Å². The monoisotopic (exact) mass is 420 g/mol. The van der Waals surface area contributed by atoms with Crippen molar-refractivity contribution in [2.24, 2.45) is 5.92 Å². The predicted molar refractivity (Wildman–Crippen MR) is 112 cm³/mol. The molecule has 4 aromatic heterocycles. The molecule has 0 saturated heterocycles. The van der Waals surface area contributed by atoms with Gasteiger partial charge in [-0.1, -0.05) is 19.0 Å². The van der Waals surface area contributed by atoms with Gasteiger partial charge in [-0.15, -0.1) is 0 Å². The summed E-state index contributed by atoms with van der Waals surface area (Å²) >= 11 is 0. The molecule has 10 heteroatoms. The van der Waals surface area contributed by atoms with Gasteiger partial charge in [-0.2, -0.15) is 15.1 Å². The fraction of sp³-hybridized carbons (Fsp3) is 0.381. The van der Waals surface area contributed by atoms with Gasteiger partial charge in [-0.05, 0) is 43.9 Å². The number of aryl methyl sites for hydroxylation is 2. The number of fused-ring (bicyclic) bond motifs is 1. The van der Waals surface area contributed by atoms with Crippen LogP contribution in [0, 0.1) is 19.8 Å². The van der Waals surface area contributed by atoms with E-state index < -0.39 is 0 Å². The lowest BCUT2D eigenvalue weighted by Crippen LogP contribution is -2.32. The van der Waals surface area contributed by atoms with Gasteiger partial charge in [0.05, 0.1) is 0 Å². The summed E-state index contributed by atoms with van der Waals surface area (Å²) < 4.78 is 7.15. The zero-order valence-corrected chi connectivity index (χ0v) is 17.9. The first kappa shape index (κ1) is 20.6. The maximum absolute atomic E-state index is 12.8. The molecule has 0 fully saturated rings. The molecule has 0 aromatic carbocycles. The summed E-state index contributed by atoms with van der Waals surface area (Å²) in [5.74, 6) is 1.39. The molecular weight excluding hydrogens is 396 g/mol. The van der Waals surface area contributed by atoms with Crippen molar-refractivity contribution >= 4 is 11.7 Å². The average molecular weight is 420 g/mol. The van der Waals surface area contributed by atoms with E-state index in [2.05, 4.69) is 35.5 Å². The van der Waals surface area contributed by atoms with Gasteiger partial charge in [0.2, 0.25) is 17.6 Å². The van der Waals surface area contributed by atoms with Crippen LogP contribution < -0.4 is 5.32 Å². The number of aromatic nitrogens is 7. The van der Waals surface area contributed by atoms with Crippen LogP contribution in [-0.2, 0) is 11.2 Å². The number of nitrogens with zero attached hydrogens (tertiary/aromatic N) is 7. The number of hydrogen-bond donors (Lipinski definition) is 1. The van der Waals surface area contributed by atoms with Crippen LogP contribution in [0.1, 0.15) is 49.2 Å². The smallest absolute Gasteiger partial charge is 0.252 e. The van der Waals surface area contributed by atoms with E-state index in [0.717, 1.165) is 22.5 Å². The first-order valence-electron chi connectivity index (χ1n) is 10.1. The van der Waals surface area contributed by atoms with Gasteiger partial charge in [0.15, 0.2) is 0 Å². The van der Waals surface area contributed by atoms with Crippen LogP contribution in [0.4, 0.5) is 0 Å². The van der Waals surface area contributed by atoms with E-state index in [4.69, 9.17) is 4.52 Å². The van der Waals surface area contributed by atoms with E-state index in [-0.39, 0.29) is 17.9 Å². The van der Waals surface area contributed by atoms with Crippen LogP contribution in [0.25, 0.3) is 17.2 Å². The zero-order valence-electron chi connectivity index (χ0n) is 17.9. The lowest BCUT2D eigenvalue weighted by atomic mass is 10.0. The Morgan fingerprint density at radius 1 is 1.19 bits per heavy atom. The van der Waals surface area contributed by atoms with Crippen LogP contribution >= 0.6 is 0 Å². The summed E-state index contributed by atoms with van der Waals surface area (Å²) in [6.07, 6.45) is 5.66. The largest absolute Gasteiger partial charge is 0.344 e. The molecule has 1 amide bonds. The molecule has 0 aliphatic rings. The second kappa shape index (κ2) is 8.58. The lowest BCUT2D eigenvalue weighted by Gasteiger charge is -2.19. The minimum Gasteiger partial charge on any atom is -0.344 e. The topological polar surface area (TPSA) is 124 Å². The molecule has 0 saturated carbocycles. The molecule has 0 aliphatic heterocycles. The summed E-state index contributed by atoms with van der Waals surface area (Å²) in [5, 5.41) is 11.3. The van der Waals surface area contributed by atoms with E-state index in [1.807, 2.05) is 39.8 Å². The van der Waals surface area contributed by atoms with Crippen molar-refractivity contribution in [2.45, 2.75) is 46.6 Å². The number of carbonyl (C=O) groups excluding carboxylic acids is 1. The highest BCUT2D eigenvalue weighted by molar-refractivity contribution is 5.76. The zero-order chi connectivity index (χ0) is 22.0. The molecule has 1 N–H and O–H groups in total. The Bertz CT molecular complexity index is 1200. The predicted octanol–water partition coefficient (Wildman–Crippen LogP) is 2.63. The Morgan fingerprint density at radius 3 is 2.71 bits per heavy atom. The fourth-order valence-electron chi connectivity index (χ4n) is 3.49. The maximum Gasteiger partial charge on any atom is 0.252 e. The standard InChI is InChI=1S/C21H24N8O2/c1-12(2)18(20-27-19(28-31-20)15-7-9-22-10-8-15)26-17(30)6-5-16-13(3)25-21-23-11-24-29(21)14(16)4/h7-12,18H,5-6H2,1-4H3,(H,26,30). The molecule has 10 nitrogen and oxygen atoms in total. The minimum atomic E-state index is -0.381. The minimum absolute atomic E-state index is 0.0753. The molecule has 1 unspecified atom stereocenters. The van der Waals surface area contributed by atoms with Crippen LogP contribution in [-0.4, -0.2) is 40.6 Å². The Hall–Kier alpha value is -3.69. The van der Waals surface area contributed by atoms with Gasteiger partial charge in [0.25, 0.3) is 5.78 Å². The Balaban J connectivity index is 1.46. The normalized spacial score (nSPS) is 12.4. The number of carbonyl (C=O) groups is 1. The third-order valence-corrected chi connectivity index (χ3v) is 5.22. The first-order valence-corrected chi connectivity index (χ1v) is 10.1. The highest BCUT2D eigenvalue weighted by atomic mass is 16.5. The third kappa shape index (κ3) is 4.27. The number of rotatable bonds is 7. The second-order valence-corrected chi connectivity index (χ2v) is 7.71. The SMILES string of the molecule is Cc1nc2ncnn2c(C)c1CCC(=O)NC(c1nc(-c2ccncc2)no1)C(C)C. The fourth-order valence-corrected chi connectivity index (χ4v) is 3.49. The molecule has 0 radical (unpaired) electrons. The molecular formula is C21H24N8O2. The average Bonchev–Trinajstić information content (AvgIpc) is 3.42. The number of amides is 1. The summed E-state index contributed by atoms with van der Waals surface area (Å²) in [4.78, 5) is 29.8. The molecule has 0 spiro atoms. The first-order chi connectivity index (χ1) is 14.9. The van der Waals surface area contributed by atoms with Crippen LogP contribution in [0.15, 0.2) is 35.4 Å². The Kier molecular flexibility index (Phi) is 5.70. The highest BCUT2D eigenvalue weighted by Gasteiger charge is 2.25. The quantitative estimate of drug-likeness (QED) is 0.484. The van der Waals surface area contributed by atoms with Crippen LogP contribution in [0.5, 0.6) is 0 Å². The van der Waals surface area contributed by atoms with E-state index in [1.165, 1.54) is 6.33 Å². The molecule has 4 aromatic rings. The summed E-state index contributed by atoms with van der Waals surface area (Å²) in [5.41, 5.74) is 3.59. The van der Waals surface area contributed by atoms with E-state index in [1.54, 1.807) is 16.9 Å². The highest BCUT2D eigenvalue weighted by Crippen LogP contribution is 2.24. The van der Waals surface area contributed by atoms with Gasteiger partial charge >= 0.3 is 0 Å². The molecule has 1 atom stereocenters. The van der Waals surface area contributed by atoms with E-state index >= 15 is 0 Å². The van der Waals surface area contributed by atoms with E-state index in [9.17, 15) is 4.79 Å². The second-order valence-electron chi connectivity index (χ2n) is 7.71. The Labute approximate surface area is 179 Å². The van der Waals surface area contributed by atoms with Crippen molar-refractivity contribution in [3.05, 3.63) is 53.7 Å². The van der Waals surface area contributed by atoms with Crippen molar-refractivity contribution in [2.75, 3.05) is 0 Å². The van der Waals surface area contributed by atoms with Crippen molar-refractivity contribution < 1.29 is 9.32 Å². The number of hydrogen-bond acceptors (Lipinski definition) is 8. The van der Waals surface area contributed by atoms with Crippen molar-refractivity contribution in [1.29, 1.82) is 0 Å².